The lowest BCUT2D eigenvalue weighted by Gasteiger charge is -2.41. The number of H-pyrrole nitrogens is 1. The molecule has 1 atom stereocenters. The molecule has 3 fully saturated rings. The first kappa shape index (κ1) is 23.8. The number of hydrogen-bond acceptors (Lipinski definition) is 6. The number of carboxylic acids is 1. The van der Waals surface area contributed by atoms with Crippen LogP contribution in [0.3, 0.4) is 0 Å². The summed E-state index contributed by atoms with van der Waals surface area (Å²) in [5.41, 5.74) is 0.232. The monoisotopic (exact) mass is 516 g/mol. The van der Waals surface area contributed by atoms with Gasteiger partial charge in [-0.05, 0) is 43.6 Å². The van der Waals surface area contributed by atoms with Crippen LogP contribution < -0.4 is 0 Å². The average Bonchev–Trinajstić information content (AvgIpc) is 3.34. The highest BCUT2D eigenvalue weighted by atomic mass is 19.1. The van der Waals surface area contributed by atoms with Gasteiger partial charge in [0.25, 0.3) is 0 Å². The van der Waals surface area contributed by atoms with Gasteiger partial charge in [-0.25, -0.2) is 33.1 Å². The number of nitriles is 1. The molecule has 1 aromatic carbocycles. The van der Waals surface area contributed by atoms with E-state index in [0.717, 1.165) is 37.8 Å². The van der Waals surface area contributed by atoms with E-state index in [-0.39, 0.29) is 50.7 Å². The van der Waals surface area contributed by atoms with Crippen LogP contribution in [0.1, 0.15) is 31.2 Å². The number of aromatic amines is 1. The van der Waals surface area contributed by atoms with Gasteiger partial charge in [-0.3, -0.25) is 4.79 Å². The van der Waals surface area contributed by atoms with E-state index >= 15 is 4.39 Å². The Morgan fingerprint density at radius 2 is 1.87 bits per heavy atom. The summed E-state index contributed by atoms with van der Waals surface area (Å²) < 4.78 is 44.8. The number of aliphatic imine (C=N–C) groups is 1. The van der Waals surface area contributed by atoms with Gasteiger partial charge in [-0.1, -0.05) is 0 Å². The molecule has 3 aromatic heterocycles. The van der Waals surface area contributed by atoms with Crippen molar-refractivity contribution < 1.29 is 23.1 Å². The Kier molecular flexibility index (Phi) is 5.67. The number of aromatic nitrogens is 4. The number of hydrogen-bond donors (Lipinski definition) is 2. The summed E-state index contributed by atoms with van der Waals surface area (Å²) in [4.78, 5) is 31.6. The zero-order valence-corrected chi connectivity index (χ0v) is 19.8. The average molecular weight is 516 g/mol. The second kappa shape index (κ2) is 9.06. The quantitative estimate of drug-likeness (QED) is 0.365. The molecule has 3 saturated carbocycles. The Balaban J connectivity index is 1.66. The van der Waals surface area contributed by atoms with Crippen LogP contribution in [0.2, 0.25) is 0 Å². The van der Waals surface area contributed by atoms with Crippen LogP contribution in [0, 0.1) is 46.5 Å². The van der Waals surface area contributed by atoms with Crippen LogP contribution in [0.15, 0.2) is 42.0 Å². The topological polar surface area (TPSA) is 128 Å². The first-order valence-electron chi connectivity index (χ1n) is 12.0. The molecule has 11 heteroatoms. The third kappa shape index (κ3) is 3.72. The smallest absolute Gasteiger partial charge is 0.312 e. The first-order valence-corrected chi connectivity index (χ1v) is 12.0. The van der Waals surface area contributed by atoms with Crippen LogP contribution in [0.5, 0.6) is 0 Å². The molecule has 3 heterocycles. The van der Waals surface area contributed by atoms with Gasteiger partial charge >= 0.3 is 5.97 Å². The van der Waals surface area contributed by atoms with Gasteiger partial charge in [0.05, 0.1) is 22.7 Å². The van der Waals surface area contributed by atoms with Gasteiger partial charge in [-0.15, -0.1) is 0 Å². The molecule has 8 nitrogen and oxygen atoms in total. The second-order valence-corrected chi connectivity index (χ2v) is 9.56. The zero-order valence-electron chi connectivity index (χ0n) is 19.8. The molecule has 2 bridgehead atoms. The predicted molar refractivity (Wildman–Crippen MR) is 131 cm³/mol. The minimum Gasteiger partial charge on any atom is -0.481 e. The molecule has 7 rings (SSSR count). The molecule has 0 unspecified atom stereocenters. The van der Waals surface area contributed by atoms with Crippen LogP contribution in [0.25, 0.3) is 33.3 Å². The van der Waals surface area contributed by atoms with Gasteiger partial charge in [0, 0.05) is 52.4 Å². The Morgan fingerprint density at radius 3 is 2.55 bits per heavy atom. The maximum absolute atomic E-state index is 16.1. The van der Waals surface area contributed by atoms with Crippen LogP contribution in [-0.4, -0.2) is 36.7 Å². The molecule has 0 saturated heterocycles. The highest BCUT2D eigenvalue weighted by Gasteiger charge is 2.45. The number of nitrogens with one attached hydrogen (secondary N) is 1. The van der Waals surface area contributed by atoms with Crippen molar-refractivity contribution in [3.8, 4) is 28.5 Å². The van der Waals surface area contributed by atoms with Crippen molar-refractivity contribution in [1.29, 1.82) is 5.26 Å². The lowest BCUT2D eigenvalue weighted by Crippen LogP contribution is -2.44. The van der Waals surface area contributed by atoms with E-state index in [1.165, 1.54) is 24.9 Å². The summed E-state index contributed by atoms with van der Waals surface area (Å²) in [5.74, 6) is -5.12. The van der Waals surface area contributed by atoms with Crippen molar-refractivity contribution in [2.75, 3.05) is 0 Å². The molecule has 0 aliphatic heterocycles. The van der Waals surface area contributed by atoms with Gasteiger partial charge < -0.3 is 10.1 Å². The Morgan fingerprint density at radius 1 is 1.13 bits per heavy atom. The second-order valence-electron chi connectivity index (χ2n) is 9.56. The van der Waals surface area contributed by atoms with E-state index in [4.69, 9.17) is 0 Å². The van der Waals surface area contributed by atoms with Gasteiger partial charge in [-0.2, -0.15) is 5.26 Å². The Bertz CT molecular complexity index is 1670. The molecule has 3 aliphatic rings. The van der Waals surface area contributed by atoms with Gasteiger partial charge in [0.1, 0.15) is 24.0 Å². The minimum atomic E-state index is -1.02. The number of nitrogens with zero attached hydrogens (tertiary/aromatic N) is 5. The number of pyridine rings is 1. The number of benzene rings is 1. The molecule has 0 amide bonds. The fraction of sp³-hybridized carbons (Fsp3) is 0.259. The van der Waals surface area contributed by atoms with Crippen LogP contribution in [0.4, 0.5) is 19.0 Å². The molecule has 0 spiro atoms. The molecular weight excluding hydrogens is 497 g/mol. The van der Waals surface area contributed by atoms with Crippen molar-refractivity contribution in [1.82, 2.24) is 19.9 Å². The van der Waals surface area contributed by atoms with Gasteiger partial charge in [0.2, 0.25) is 0 Å². The van der Waals surface area contributed by atoms with Crippen molar-refractivity contribution in [2.45, 2.75) is 25.7 Å². The van der Waals surface area contributed by atoms with Crippen molar-refractivity contribution >= 4 is 28.4 Å². The minimum absolute atomic E-state index is 0.00981. The summed E-state index contributed by atoms with van der Waals surface area (Å²) in [7, 11) is 0. The van der Waals surface area contributed by atoms with E-state index < -0.39 is 35.2 Å². The zero-order chi connectivity index (χ0) is 26.6. The van der Waals surface area contributed by atoms with E-state index in [0.29, 0.717) is 5.71 Å². The third-order valence-corrected chi connectivity index (χ3v) is 7.52. The lowest BCUT2D eigenvalue weighted by molar-refractivity contribution is -0.142. The SMILES string of the molecule is N#Cc1c(-c2c[nH]c3c(F)cc(F)cc23)nc(/N=C2\C3CCC(CC3)[C@H]2C(=O)O)c(F)c1-c1cncnc1. The molecule has 0 radical (unpaired) electrons. The molecular formula is C27H19F3N6O2. The number of aliphatic carboxylic acids is 1. The fourth-order valence-electron chi connectivity index (χ4n) is 5.83. The Hall–Kier alpha value is -4.59. The maximum Gasteiger partial charge on any atom is 0.312 e. The standard InChI is InChI=1S/C27H19F3N6O2/c28-15-5-16-18(10-34-25(16)19(29)6-15)24-17(7-31)20(14-8-32-11-33-9-14)22(30)26(36-24)35-23-13-3-1-12(2-4-13)21(23)27(37)38/h5-6,8-13,21,34H,1-4H2,(H,37,38)/b35-23+/t12?,13?,21-/m1/s1. The number of carboxylic acid groups (broad SMARTS) is 1. The van der Waals surface area contributed by atoms with E-state index in [1.807, 2.05) is 6.07 Å². The molecule has 2 N–H and O–H groups in total. The molecule has 190 valence electrons. The molecule has 3 aliphatic carbocycles. The van der Waals surface area contributed by atoms with Crippen molar-refractivity contribution in [2.24, 2.45) is 22.7 Å². The van der Waals surface area contributed by atoms with Crippen LogP contribution >= 0.6 is 0 Å². The lowest BCUT2D eigenvalue weighted by atomic mass is 9.63. The number of rotatable bonds is 4. The third-order valence-electron chi connectivity index (χ3n) is 7.52. The molecule has 38 heavy (non-hydrogen) atoms. The summed E-state index contributed by atoms with van der Waals surface area (Å²) in [6, 6.07) is 3.78. The van der Waals surface area contributed by atoms with E-state index in [2.05, 4.69) is 24.9 Å². The van der Waals surface area contributed by atoms with Gasteiger partial charge in [0.15, 0.2) is 11.6 Å². The fourth-order valence-corrected chi connectivity index (χ4v) is 5.83. The van der Waals surface area contributed by atoms with Crippen molar-refractivity contribution in [3.05, 3.63) is 60.1 Å². The first-order chi connectivity index (χ1) is 18.4. The summed E-state index contributed by atoms with van der Waals surface area (Å²) >= 11 is 0. The largest absolute Gasteiger partial charge is 0.481 e. The summed E-state index contributed by atoms with van der Waals surface area (Å²) in [5, 5.41) is 20.2. The van der Waals surface area contributed by atoms with E-state index in [1.54, 1.807) is 0 Å². The maximum atomic E-state index is 16.1. The van der Waals surface area contributed by atoms with Crippen LogP contribution in [-0.2, 0) is 4.79 Å². The Labute approximate surface area is 213 Å². The van der Waals surface area contributed by atoms with E-state index in [9.17, 15) is 23.9 Å². The molecule has 4 aromatic rings. The summed E-state index contributed by atoms with van der Waals surface area (Å²) in [6.07, 6.45) is 8.27. The number of carbonyl (C=O) groups is 1. The van der Waals surface area contributed by atoms with Crippen molar-refractivity contribution in [3.63, 3.8) is 0 Å². The highest BCUT2D eigenvalue weighted by Crippen LogP contribution is 2.45. The highest BCUT2D eigenvalue weighted by molar-refractivity contribution is 6.05. The normalized spacial score (nSPS) is 21.6. The number of fused-ring (bicyclic) bond motifs is 4. The number of halogens is 3. The summed E-state index contributed by atoms with van der Waals surface area (Å²) in [6.45, 7) is 0. The predicted octanol–water partition coefficient (Wildman–Crippen LogP) is 5.57.